The maximum atomic E-state index is 14.7. The maximum Gasteiger partial charge on any atom is 0.302 e. The third-order valence-electron chi connectivity index (χ3n) is 3.83. The van der Waals surface area contributed by atoms with Gasteiger partial charge in [0.2, 0.25) is 0 Å². The standard InChI is InChI=1S/C21H23FO5/c1-16(24)25-15-19(22)21(27-14-18-10-6-3-7-11-18)20(12-23)26-13-17-8-4-2-5-9-17/h2-12,19-21H,13-15H2,1H3/t19-,20+,21-/m0/s1. The minimum atomic E-state index is -1.71. The van der Waals surface area contributed by atoms with Gasteiger partial charge in [-0.3, -0.25) is 4.79 Å². The van der Waals surface area contributed by atoms with Crippen molar-refractivity contribution >= 4 is 12.3 Å². The lowest BCUT2D eigenvalue weighted by Gasteiger charge is -2.26. The first-order valence-electron chi connectivity index (χ1n) is 8.64. The molecule has 144 valence electrons. The lowest BCUT2D eigenvalue weighted by molar-refractivity contribution is -0.154. The van der Waals surface area contributed by atoms with E-state index in [1.807, 2.05) is 60.7 Å². The summed E-state index contributed by atoms with van der Waals surface area (Å²) in [4.78, 5) is 22.5. The molecule has 0 unspecified atom stereocenters. The minimum absolute atomic E-state index is 0.102. The molecule has 0 N–H and O–H groups in total. The molecule has 0 radical (unpaired) electrons. The summed E-state index contributed by atoms with van der Waals surface area (Å²) >= 11 is 0. The van der Waals surface area contributed by atoms with Gasteiger partial charge in [0, 0.05) is 6.92 Å². The monoisotopic (exact) mass is 374 g/mol. The predicted molar refractivity (Wildman–Crippen MR) is 97.6 cm³/mol. The summed E-state index contributed by atoms with van der Waals surface area (Å²) in [6, 6.07) is 18.4. The average Bonchev–Trinajstić information content (AvgIpc) is 2.70. The molecule has 0 spiro atoms. The molecule has 5 nitrogen and oxygen atoms in total. The third-order valence-corrected chi connectivity index (χ3v) is 3.83. The van der Waals surface area contributed by atoms with Crippen LogP contribution in [0, 0.1) is 0 Å². The summed E-state index contributed by atoms with van der Waals surface area (Å²) in [5, 5.41) is 0. The van der Waals surface area contributed by atoms with Crippen molar-refractivity contribution in [2.75, 3.05) is 6.61 Å². The summed E-state index contributed by atoms with van der Waals surface area (Å²) in [6.45, 7) is 0.921. The molecule has 3 atom stereocenters. The van der Waals surface area contributed by atoms with Crippen LogP contribution in [-0.2, 0) is 37.0 Å². The molecule has 6 heteroatoms. The molecule has 0 amide bonds. The fraction of sp³-hybridized carbons (Fsp3) is 0.333. The van der Waals surface area contributed by atoms with E-state index in [1.54, 1.807) is 0 Å². The van der Waals surface area contributed by atoms with Crippen molar-refractivity contribution in [1.82, 2.24) is 0 Å². The molecular formula is C21H23FO5. The van der Waals surface area contributed by atoms with E-state index in [9.17, 15) is 14.0 Å². The smallest absolute Gasteiger partial charge is 0.302 e. The quantitative estimate of drug-likeness (QED) is 0.446. The van der Waals surface area contributed by atoms with E-state index in [4.69, 9.17) is 14.2 Å². The highest BCUT2D eigenvalue weighted by Crippen LogP contribution is 2.16. The molecule has 0 fully saturated rings. The summed E-state index contributed by atoms with van der Waals surface area (Å²) in [5.41, 5.74) is 1.68. The highest BCUT2D eigenvalue weighted by molar-refractivity contribution is 5.65. The lowest BCUT2D eigenvalue weighted by Crippen LogP contribution is -2.42. The summed E-state index contributed by atoms with van der Waals surface area (Å²) in [6.07, 6.45) is -3.53. The Balaban J connectivity index is 2.04. The van der Waals surface area contributed by atoms with Gasteiger partial charge in [0.25, 0.3) is 0 Å². The van der Waals surface area contributed by atoms with Crippen LogP contribution >= 0.6 is 0 Å². The molecule has 0 saturated carbocycles. The number of aldehydes is 1. The molecule has 0 bridgehead atoms. The zero-order valence-electron chi connectivity index (χ0n) is 15.1. The van der Waals surface area contributed by atoms with Crippen LogP contribution in [0.1, 0.15) is 18.1 Å². The van der Waals surface area contributed by atoms with Gasteiger partial charge in [0.15, 0.2) is 12.5 Å². The molecule has 0 aliphatic rings. The topological polar surface area (TPSA) is 61.8 Å². The van der Waals surface area contributed by atoms with Crippen molar-refractivity contribution in [3.63, 3.8) is 0 Å². The first kappa shape index (κ1) is 20.7. The second-order valence-corrected chi connectivity index (χ2v) is 5.98. The van der Waals surface area contributed by atoms with Crippen molar-refractivity contribution in [2.24, 2.45) is 0 Å². The predicted octanol–water partition coefficient (Wildman–Crippen LogP) is 3.26. The van der Waals surface area contributed by atoms with Crippen LogP contribution in [0.2, 0.25) is 0 Å². The van der Waals surface area contributed by atoms with Gasteiger partial charge in [0.1, 0.15) is 18.8 Å². The highest BCUT2D eigenvalue weighted by atomic mass is 19.1. The van der Waals surface area contributed by atoms with Gasteiger partial charge in [-0.1, -0.05) is 60.7 Å². The van der Waals surface area contributed by atoms with E-state index in [2.05, 4.69) is 0 Å². The Morgan fingerprint density at radius 3 is 1.96 bits per heavy atom. The maximum absolute atomic E-state index is 14.7. The van der Waals surface area contributed by atoms with E-state index in [-0.39, 0.29) is 13.2 Å². The number of alkyl halides is 1. The van der Waals surface area contributed by atoms with Crippen molar-refractivity contribution in [2.45, 2.75) is 38.5 Å². The number of carbonyl (C=O) groups excluding carboxylic acids is 2. The minimum Gasteiger partial charge on any atom is -0.463 e. The first-order valence-corrected chi connectivity index (χ1v) is 8.64. The van der Waals surface area contributed by atoms with Gasteiger partial charge in [-0.15, -0.1) is 0 Å². The summed E-state index contributed by atoms with van der Waals surface area (Å²) < 4.78 is 30.6. The van der Waals surface area contributed by atoms with Gasteiger partial charge >= 0.3 is 5.97 Å². The Labute approximate surface area is 158 Å². The van der Waals surface area contributed by atoms with E-state index in [1.165, 1.54) is 6.92 Å². The molecule has 0 aliphatic carbocycles. The largest absolute Gasteiger partial charge is 0.463 e. The van der Waals surface area contributed by atoms with E-state index < -0.39 is 31.0 Å². The van der Waals surface area contributed by atoms with Crippen molar-refractivity contribution in [1.29, 1.82) is 0 Å². The van der Waals surface area contributed by atoms with Crippen molar-refractivity contribution in [3.05, 3.63) is 71.8 Å². The van der Waals surface area contributed by atoms with Crippen LogP contribution in [0.25, 0.3) is 0 Å². The van der Waals surface area contributed by atoms with Crippen molar-refractivity contribution in [3.8, 4) is 0 Å². The van der Waals surface area contributed by atoms with E-state index in [0.29, 0.717) is 6.29 Å². The molecule has 2 aromatic rings. The molecule has 2 rings (SSSR count). The highest BCUT2D eigenvalue weighted by Gasteiger charge is 2.32. The zero-order valence-corrected chi connectivity index (χ0v) is 15.1. The zero-order chi connectivity index (χ0) is 19.5. The molecule has 0 aliphatic heterocycles. The van der Waals surface area contributed by atoms with Crippen LogP contribution < -0.4 is 0 Å². The third kappa shape index (κ3) is 7.29. The number of benzene rings is 2. The van der Waals surface area contributed by atoms with Gasteiger partial charge in [0.05, 0.1) is 13.2 Å². The van der Waals surface area contributed by atoms with Crippen LogP contribution in [0.4, 0.5) is 4.39 Å². The van der Waals surface area contributed by atoms with Crippen LogP contribution in [0.15, 0.2) is 60.7 Å². The van der Waals surface area contributed by atoms with E-state index in [0.717, 1.165) is 11.1 Å². The van der Waals surface area contributed by atoms with Crippen LogP contribution in [0.5, 0.6) is 0 Å². The Morgan fingerprint density at radius 2 is 1.48 bits per heavy atom. The summed E-state index contributed by atoms with van der Waals surface area (Å²) in [5.74, 6) is -0.604. The lowest BCUT2D eigenvalue weighted by atomic mass is 10.1. The number of carbonyl (C=O) groups is 2. The van der Waals surface area contributed by atoms with Crippen LogP contribution in [0.3, 0.4) is 0 Å². The number of hydrogen-bond donors (Lipinski definition) is 0. The second-order valence-electron chi connectivity index (χ2n) is 5.98. The van der Waals surface area contributed by atoms with E-state index >= 15 is 0 Å². The molecule has 0 saturated heterocycles. The van der Waals surface area contributed by atoms with Gasteiger partial charge in [-0.2, -0.15) is 0 Å². The Morgan fingerprint density at radius 1 is 0.963 bits per heavy atom. The van der Waals surface area contributed by atoms with Gasteiger partial charge in [-0.25, -0.2) is 4.39 Å². The number of esters is 1. The molecule has 0 heterocycles. The van der Waals surface area contributed by atoms with Crippen molar-refractivity contribution < 1.29 is 28.2 Å². The number of halogens is 1. The molecule has 2 aromatic carbocycles. The fourth-order valence-corrected chi connectivity index (χ4v) is 2.44. The normalized spacial score (nSPS) is 14.1. The SMILES string of the molecule is CC(=O)OC[C@H](F)[C@H](OCc1ccccc1)[C@@H](C=O)OCc1ccccc1. The fourth-order valence-electron chi connectivity index (χ4n) is 2.44. The number of hydrogen-bond acceptors (Lipinski definition) is 5. The first-order chi connectivity index (χ1) is 13.1. The average molecular weight is 374 g/mol. The Kier molecular flexibility index (Phi) is 8.61. The molecular weight excluding hydrogens is 351 g/mol. The molecule has 0 aromatic heterocycles. The Bertz CT molecular complexity index is 692. The van der Waals surface area contributed by atoms with Gasteiger partial charge < -0.3 is 19.0 Å². The molecule has 27 heavy (non-hydrogen) atoms. The number of ether oxygens (including phenoxy) is 3. The second kappa shape index (κ2) is 11.2. The van der Waals surface area contributed by atoms with Gasteiger partial charge in [-0.05, 0) is 11.1 Å². The van der Waals surface area contributed by atoms with Crippen LogP contribution in [-0.4, -0.2) is 37.2 Å². The Hall–Kier alpha value is -2.57. The number of rotatable bonds is 11. The summed E-state index contributed by atoms with van der Waals surface area (Å²) in [7, 11) is 0.